The first kappa shape index (κ1) is 19.7. The van der Waals surface area contributed by atoms with Crippen molar-refractivity contribution < 1.29 is 4.79 Å². The molecule has 2 N–H and O–H groups in total. The molecule has 8 heteroatoms. The SMILES string of the molecule is CCCc1c(C(=O)N2CCC(CN)C2)nnn1-c1cccc(Cl)c1.Cl. The Hall–Kier alpha value is -1.63. The zero-order valence-corrected chi connectivity index (χ0v) is 15.8. The molecule has 0 spiro atoms. The molecule has 1 aromatic heterocycles. The molecule has 3 rings (SSSR count). The van der Waals surface area contributed by atoms with Gasteiger partial charge in [0, 0.05) is 18.1 Å². The van der Waals surface area contributed by atoms with E-state index in [1.54, 1.807) is 4.68 Å². The molecule has 136 valence electrons. The molecular weight excluding hydrogens is 361 g/mol. The standard InChI is InChI=1S/C17H22ClN5O.ClH/c1-2-4-15-16(17(24)22-8-7-12(10-19)11-22)20-21-23(15)14-6-3-5-13(18)9-14;/h3,5-6,9,12H,2,4,7-8,10-11,19H2,1H3;1H. The number of halogens is 2. The molecule has 1 aliphatic rings. The lowest BCUT2D eigenvalue weighted by atomic mass is 10.1. The molecule has 6 nitrogen and oxygen atoms in total. The van der Waals surface area contributed by atoms with Crippen LogP contribution in [0.5, 0.6) is 0 Å². The maximum atomic E-state index is 12.9. The maximum Gasteiger partial charge on any atom is 0.276 e. The summed E-state index contributed by atoms with van der Waals surface area (Å²) >= 11 is 6.08. The van der Waals surface area contributed by atoms with E-state index in [2.05, 4.69) is 17.2 Å². The molecule has 0 aliphatic carbocycles. The molecule has 25 heavy (non-hydrogen) atoms. The highest BCUT2D eigenvalue weighted by Gasteiger charge is 2.30. The van der Waals surface area contributed by atoms with Crippen LogP contribution in [0.1, 0.15) is 35.9 Å². The Morgan fingerprint density at radius 3 is 2.88 bits per heavy atom. The Labute approximate surface area is 158 Å². The molecule has 1 atom stereocenters. The fourth-order valence-corrected chi connectivity index (χ4v) is 3.29. The van der Waals surface area contributed by atoms with Crippen molar-refractivity contribution >= 4 is 29.9 Å². The molecule has 2 aromatic rings. The molecule has 1 aliphatic heterocycles. The van der Waals surface area contributed by atoms with E-state index in [1.807, 2.05) is 29.2 Å². The van der Waals surface area contributed by atoms with Gasteiger partial charge in [-0.25, -0.2) is 4.68 Å². The summed E-state index contributed by atoms with van der Waals surface area (Å²) in [7, 11) is 0. The van der Waals surface area contributed by atoms with Crippen LogP contribution < -0.4 is 5.73 Å². The summed E-state index contributed by atoms with van der Waals surface area (Å²) in [4.78, 5) is 14.7. The van der Waals surface area contributed by atoms with E-state index in [1.165, 1.54) is 0 Å². The van der Waals surface area contributed by atoms with E-state index in [0.29, 0.717) is 29.7 Å². The Kier molecular flexibility index (Phi) is 6.81. The molecular formula is C17H23Cl2N5O. The van der Waals surface area contributed by atoms with Crippen molar-refractivity contribution in [2.75, 3.05) is 19.6 Å². The highest BCUT2D eigenvalue weighted by Crippen LogP contribution is 2.22. The number of rotatable bonds is 5. The van der Waals surface area contributed by atoms with Crippen molar-refractivity contribution in [1.29, 1.82) is 0 Å². The van der Waals surface area contributed by atoms with Crippen LogP contribution in [0.3, 0.4) is 0 Å². The number of hydrogen-bond donors (Lipinski definition) is 1. The first-order chi connectivity index (χ1) is 11.6. The van der Waals surface area contributed by atoms with Crippen LogP contribution in [-0.4, -0.2) is 45.4 Å². The van der Waals surface area contributed by atoms with E-state index >= 15 is 0 Å². The average Bonchev–Trinajstić information content (AvgIpc) is 3.21. The van der Waals surface area contributed by atoms with Gasteiger partial charge in [-0.3, -0.25) is 4.79 Å². The van der Waals surface area contributed by atoms with Crippen LogP contribution in [-0.2, 0) is 6.42 Å². The lowest BCUT2D eigenvalue weighted by Gasteiger charge is -2.15. The second-order valence-electron chi connectivity index (χ2n) is 6.17. The van der Waals surface area contributed by atoms with Crippen molar-refractivity contribution in [2.45, 2.75) is 26.2 Å². The molecule has 1 amide bonds. The Balaban J connectivity index is 0.00000225. The fraction of sp³-hybridized carbons (Fsp3) is 0.471. The molecule has 0 saturated carbocycles. The number of benzene rings is 1. The minimum atomic E-state index is -0.0531. The smallest absolute Gasteiger partial charge is 0.276 e. The Bertz CT molecular complexity index is 734. The van der Waals surface area contributed by atoms with E-state index in [4.69, 9.17) is 17.3 Å². The molecule has 0 bridgehead atoms. The summed E-state index contributed by atoms with van der Waals surface area (Å²) < 4.78 is 1.72. The Morgan fingerprint density at radius 1 is 1.44 bits per heavy atom. The lowest BCUT2D eigenvalue weighted by molar-refractivity contribution is 0.0780. The lowest BCUT2D eigenvalue weighted by Crippen LogP contribution is -2.31. The van der Waals surface area contributed by atoms with Crippen LogP contribution >= 0.6 is 24.0 Å². The topological polar surface area (TPSA) is 77.0 Å². The van der Waals surface area contributed by atoms with Gasteiger partial charge >= 0.3 is 0 Å². The molecule has 2 heterocycles. The van der Waals surface area contributed by atoms with Gasteiger partial charge in [-0.2, -0.15) is 0 Å². The maximum absolute atomic E-state index is 12.9. The summed E-state index contributed by atoms with van der Waals surface area (Å²) in [5, 5.41) is 9.03. The van der Waals surface area contributed by atoms with Crippen molar-refractivity contribution in [1.82, 2.24) is 19.9 Å². The predicted octanol–water partition coefficient (Wildman–Crippen LogP) is 2.72. The summed E-state index contributed by atoms with van der Waals surface area (Å²) in [6.45, 7) is 4.12. The number of amides is 1. The molecule has 1 saturated heterocycles. The summed E-state index contributed by atoms with van der Waals surface area (Å²) in [6, 6.07) is 7.41. The fourth-order valence-electron chi connectivity index (χ4n) is 3.10. The number of carbonyl (C=O) groups excluding carboxylic acids is 1. The van der Waals surface area contributed by atoms with E-state index in [-0.39, 0.29) is 18.3 Å². The first-order valence-electron chi connectivity index (χ1n) is 8.34. The second-order valence-corrected chi connectivity index (χ2v) is 6.60. The van der Waals surface area contributed by atoms with E-state index < -0.39 is 0 Å². The van der Waals surface area contributed by atoms with Gasteiger partial charge in [0.25, 0.3) is 5.91 Å². The normalized spacial score (nSPS) is 16.8. The third-order valence-electron chi connectivity index (χ3n) is 4.41. The molecule has 1 unspecified atom stereocenters. The van der Waals surface area contributed by atoms with Gasteiger partial charge in [-0.05, 0) is 43.5 Å². The van der Waals surface area contributed by atoms with Gasteiger partial charge in [0.2, 0.25) is 0 Å². The van der Waals surface area contributed by atoms with Gasteiger partial charge < -0.3 is 10.6 Å². The number of nitrogens with zero attached hydrogens (tertiary/aromatic N) is 4. The third kappa shape index (κ3) is 4.14. The minimum Gasteiger partial charge on any atom is -0.337 e. The van der Waals surface area contributed by atoms with Crippen molar-refractivity contribution in [2.24, 2.45) is 11.7 Å². The third-order valence-corrected chi connectivity index (χ3v) is 4.65. The zero-order chi connectivity index (χ0) is 17.1. The highest BCUT2D eigenvalue weighted by atomic mass is 35.5. The van der Waals surface area contributed by atoms with E-state index in [0.717, 1.165) is 37.2 Å². The monoisotopic (exact) mass is 383 g/mol. The van der Waals surface area contributed by atoms with Crippen molar-refractivity contribution in [3.8, 4) is 5.69 Å². The quantitative estimate of drug-likeness (QED) is 0.860. The van der Waals surface area contributed by atoms with Crippen molar-refractivity contribution in [3.05, 3.63) is 40.7 Å². The average molecular weight is 384 g/mol. The number of hydrogen-bond acceptors (Lipinski definition) is 4. The minimum absolute atomic E-state index is 0. The van der Waals surface area contributed by atoms with Gasteiger partial charge in [0.1, 0.15) is 0 Å². The highest BCUT2D eigenvalue weighted by molar-refractivity contribution is 6.30. The van der Waals surface area contributed by atoms with Gasteiger partial charge in [0.15, 0.2) is 5.69 Å². The number of likely N-dealkylation sites (tertiary alicyclic amines) is 1. The van der Waals surface area contributed by atoms with Crippen LogP contribution in [0.4, 0.5) is 0 Å². The Morgan fingerprint density at radius 2 is 2.24 bits per heavy atom. The van der Waals surface area contributed by atoms with E-state index in [9.17, 15) is 4.79 Å². The summed E-state index contributed by atoms with van der Waals surface area (Å²) in [6.07, 6.45) is 2.59. The second kappa shape index (κ2) is 8.65. The largest absolute Gasteiger partial charge is 0.337 e. The van der Waals surface area contributed by atoms with Crippen LogP contribution in [0.2, 0.25) is 5.02 Å². The molecule has 1 aromatic carbocycles. The zero-order valence-electron chi connectivity index (χ0n) is 14.2. The van der Waals surface area contributed by atoms with Gasteiger partial charge in [-0.15, -0.1) is 17.5 Å². The number of aromatic nitrogens is 3. The molecule has 0 radical (unpaired) electrons. The number of nitrogens with two attached hydrogens (primary N) is 1. The van der Waals surface area contributed by atoms with Crippen LogP contribution in [0.15, 0.2) is 24.3 Å². The van der Waals surface area contributed by atoms with Crippen LogP contribution in [0.25, 0.3) is 5.69 Å². The summed E-state index contributed by atoms with van der Waals surface area (Å²) in [5.41, 5.74) is 7.82. The summed E-state index contributed by atoms with van der Waals surface area (Å²) in [5.74, 6) is 0.328. The predicted molar refractivity (Wildman–Crippen MR) is 101 cm³/mol. The molecule has 1 fully saturated rings. The number of carbonyl (C=O) groups is 1. The van der Waals surface area contributed by atoms with Gasteiger partial charge in [-0.1, -0.05) is 36.2 Å². The first-order valence-corrected chi connectivity index (χ1v) is 8.71. The van der Waals surface area contributed by atoms with Crippen molar-refractivity contribution in [3.63, 3.8) is 0 Å². The van der Waals surface area contributed by atoms with Crippen LogP contribution in [0, 0.1) is 5.92 Å². The van der Waals surface area contributed by atoms with Gasteiger partial charge in [0.05, 0.1) is 11.4 Å².